The van der Waals surface area contributed by atoms with Crippen molar-refractivity contribution in [3.63, 3.8) is 0 Å². The molecule has 0 radical (unpaired) electrons. The Kier molecular flexibility index (Phi) is 5.55. The van der Waals surface area contributed by atoms with Crippen LogP contribution in [0.25, 0.3) is 16.3 Å². The van der Waals surface area contributed by atoms with Gasteiger partial charge in [0.2, 0.25) is 0 Å². The van der Waals surface area contributed by atoms with Gasteiger partial charge < -0.3 is 19.3 Å². The van der Waals surface area contributed by atoms with Gasteiger partial charge in [0.25, 0.3) is 0 Å². The van der Waals surface area contributed by atoms with Gasteiger partial charge in [-0.15, -0.1) is 0 Å². The molecule has 1 N–H and O–H groups in total. The molecule has 5 rings (SSSR count). The minimum Gasteiger partial charge on any atom is -0.490 e. The number of rotatable bonds is 6. The van der Waals surface area contributed by atoms with E-state index >= 15 is 0 Å². The van der Waals surface area contributed by atoms with E-state index in [9.17, 15) is 5.11 Å². The van der Waals surface area contributed by atoms with Gasteiger partial charge in [0.15, 0.2) is 0 Å². The summed E-state index contributed by atoms with van der Waals surface area (Å²) in [6.07, 6.45) is 5.58. The highest BCUT2D eigenvalue weighted by Crippen LogP contribution is 2.34. The summed E-state index contributed by atoms with van der Waals surface area (Å²) >= 11 is 0. The van der Waals surface area contributed by atoms with Crippen LogP contribution in [-0.4, -0.2) is 67.8 Å². The molecule has 3 aliphatic rings. The van der Waals surface area contributed by atoms with Crippen molar-refractivity contribution in [2.75, 3.05) is 39.5 Å². The second-order valence-electron chi connectivity index (χ2n) is 8.35. The Morgan fingerprint density at radius 3 is 2.62 bits per heavy atom. The molecule has 5 heteroatoms. The van der Waals surface area contributed by atoms with Gasteiger partial charge in [-0.3, -0.25) is 4.90 Å². The molecule has 2 fully saturated rings. The maximum atomic E-state index is 10.6. The van der Waals surface area contributed by atoms with Crippen molar-refractivity contribution in [3.8, 4) is 5.75 Å². The summed E-state index contributed by atoms with van der Waals surface area (Å²) in [4.78, 5) is 2.32. The van der Waals surface area contributed by atoms with Crippen LogP contribution >= 0.6 is 0 Å². The van der Waals surface area contributed by atoms with Gasteiger partial charge in [-0.05, 0) is 41.9 Å². The molecule has 0 spiro atoms. The third-order valence-corrected chi connectivity index (χ3v) is 6.21. The van der Waals surface area contributed by atoms with E-state index in [1.54, 1.807) is 0 Å². The van der Waals surface area contributed by atoms with Crippen LogP contribution in [0, 0.1) is 0 Å². The smallest absolute Gasteiger partial charge is 0.127 e. The molecule has 0 aromatic heterocycles. The number of β-amino-alcohol motifs (C(OH)–C–C–N with tert-alkyl or cyclic N) is 1. The highest BCUT2D eigenvalue weighted by atomic mass is 16.5. The third-order valence-electron chi connectivity index (χ3n) is 6.21. The van der Waals surface area contributed by atoms with Crippen molar-refractivity contribution in [3.05, 3.63) is 48.0 Å². The van der Waals surface area contributed by atoms with E-state index in [4.69, 9.17) is 14.2 Å². The molecule has 2 aromatic rings. The zero-order chi connectivity index (χ0) is 19.6. The van der Waals surface area contributed by atoms with Crippen LogP contribution in [0.5, 0.6) is 5.75 Å². The number of ether oxygens (including phenoxy) is 3. The Labute approximate surface area is 171 Å². The molecule has 0 saturated carbocycles. The normalized spacial score (nSPS) is 25.8. The highest BCUT2D eigenvalue weighted by Gasteiger charge is 2.34. The molecule has 2 aromatic carbocycles. The van der Waals surface area contributed by atoms with Gasteiger partial charge in [0.1, 0.15) is 18.5 Å². The summed E-state index contributed by atoms with van der Waals surface area (Å²) in [6.45, 7) is 4.23. The Morgan fingerprint density at radius 1 is 1.07 bits per heavy atom. The molecule has 3 aliphatic heterocycles. The first-order chi connectivity index (χ1) is 14.3. The van der Waals surface area contributed by atoms with E-state index in [1.807, 2.05) is 12.1 Å². The van der Waals surface area contributed by atoms with Crippen LogP contribution in [0.1, 0.15) is 24.8 Å². The lowest BCUT2D eigenvalue weighted by atomic mass is 9.95. The molecular formula is C24H29NO4. The maximum Gasteiger partial charge on any atom is 0.127 e. The summed E-state index contributed by atoms with van der Waals surface area (Å²) in [5.41, 5.74) is 2.58. The number of likely N-dealkylation sites (tertiary alicyclic amines) is 1. The Hall–Kier alpha value is -1.92. The van der Waals surface area contributed by atoms with E-state index < -0.39 is 6.10 Å². The first kappa shape index (κ1) is 19.1. The highest BCUT2D eigenvalue weighted by molar-refractivity contribution is 5.97. The lowest BCUT2D eigenvalue weighted by Gasteiger charge is -2.33. The maximum absolute atomic E-state index is 10.6. The van der Waals surface area contributed by atoms with Crippen LogP contribution < -0.4 is 4.74 Å². The van der Waals surface area contributed by atoms with E-state index in [2.05, 4.69) is 35.2 Å². The molecule has 0 amide bonds. The standard InChI is InChI=1S/C24H29NO4/c26-18(13-25-14-19-5-6-20(15-25)29-19)16-28-24-8-7-21(17-9-11-27-12-10-17)22-3-1-2-4-23(22)24/h1-4,7-9,18-20,26H,5-6,10-16H2/t18?,19-,20+. The zero-order valence-corrected chi connectivity index (χ0v) is 16.8. The van der Waals surface area contributed by atoms with Gasteiger partial charge in [-0.1, -0.05) is 36.4 Å². The lowest BCUT2D eigenvalue weighted by Crippen LogP contribution is -2.46. The van der Waals surface area contributed by atoms with E-state index in [-0.39, 0.29) is 0 Å². The van der Waals surface area contributed by atoms with Gasteiger partial charge in [-0.2, -0.15) is 0 Å². The molecule has 3 atom stereocenters. The fraction of sp³-hybridized carbons (Fsp3) is 0.500. The second-order valence-corrected chi connectivity index (χ2v) is 8.35. The molecular weight excluding hydrogens is 366 g/mol. The monoisotopic (exact) mass is 395 g/mol. The Balaban J connectivity index is 1.27. The third kappa shape index (κ3) is 4.19. The van der Waals surface area contributed by atoms with Crippen molar-refractivity contribution >= 4 is 16.3 Å². The van der Waals surface area contributed by atoms with Crippen LogP contribution in [-0.2, 0) is 9.47 Å². The summed E-state index contributed by atoms with van der Waals surface area (Å²) in [7, 11) is 0. The van der Waals surface area contributed by atoms with E-state index in [0.29, 0.717) is 32.0 Å². The quantitative estimate of drug-likeness (QED) is 0.814. The lowest BCUT2D eigenvalue weighted by molar-refractivity contribution is -0.0528. The first-order valence-corrected chi connectivity index (χ1v) is 10.7. The molecule has 2 bridgehead atoms. The minimum atomic E-state index is -0.510. The second kappa shape index (κ2) is 8.44. The average Bonchev–Trinajstić information content (AvgIpc) is 3.10. The van der Waals surface area contributed by atoms with Crippen molar-refractivity contribution in [1.29, 1.82) is 0 Å². The number of aliphatic hydroxyl groups is 1. The van der Waals surface area contributed by atoms with Crippen LogP contribution in [0.2, 0.25) is 0 Å². The largest absolute Gasteiger partial charge is 0.490 e. The van der Waals surface area contributed by atoms with Crippen LogP contribution in [0.3, 0.4) is 0 Å². The Bertz CT molecular complexity index is 884. The summed E-state index contributed by atoms with van der Waals surface area (Å²) in [6, 6.07) is 12.5. The molecule has 154 valence electrons. The molecule has 2 saturated heterocycles. The first-order valence-electron chi connectivity index (χ1n) is 10.7. The van der Waals surface area contributed by atoms with Gasteiger partial charge in [-0.25, -0.2) is 0 Å². The van der Waals surface area contributed by atoms with Crippen molar-refractivity contribution in [2.24, 2.45) is 0 Å². The van der Waals surface area contributed by atoms with Gasteiger partial charge in [0, 0.05) is 25.0 Å². The summed E-state index contributed by atoms with van der Waals surface area (Å²) in [5, 5.41) is 12.8. The number of hydrogen-bond acceptors (Lipinski definition) is 5. The van der Waals surface area contributed by atoms with E-state index in [1.165, 1.54) is 16.5 Å². The summed E-state index contributed by atoms with van der Waals surface area (Å²) in [5.74, 6) is 0.832. The van der Waals surface area contributed by atoms with Crippen molar-refractivity contribution < 1.29 is 19.3 Å². The SMILES string of the molecule is OC(COc1ccc(C2=CCOCC2)c2ccccc12)CN1C[C@H]2CC[C@@H](C1)O2. The number of nitrogens with zero attached hydrogens (tertiary/aromatic N) is 1. The molecule has 5 nitrogen and oxygen atoms in total. The molecule has 1 unspecified atom stereocenters. The number of aliphatic hydroxyl groups excluding tert-OH is 1. The minimum absolute atomic E-state index is 0.298. The fourth-order valence-electron chi connectivity index (χ4n) is 4.83. The van der Waals surface area contributed by atoms with Crippen molar-refractivity contribution in [1.82, 2.24) is 4.90 Å². The Morgan fingerprint density at radius 2 is 1.86 bits per heavy atom. The van der Waals surface area contributed by atoms with Crippen molar-refractivity contribution in [2.45, 2.75) is 37.6 Å². The van der Waals surface area contributed by atoms with Gasteiger partial charge in [0.05, 0.1) is 25.4 Å². The topological polar surface area (TPSA) is 51.2 Å². The molecule has 3 heterocycles. The van der Waals surface area contributed by atoms with Crippen LogP contribution in [0.4, 0.5) is 0 Å². The van der Waals surface area contributed by atoms with Crippen LogP contribution in [0.15, 0.2) is 42.5 Å². The number of benzene rings is 2. The number of hydrogen-bond donors (Lipinski definition) is 1. The number of fused-ring (bicyclic) bond motifs is 3. The molecule has 29 heavy (non-hydrogen) atoms. The number of morpholine rings is 1. The zero-order valence-electron chi connectivity index (χ0n) is 16.8. The average molecular weight is 395 g/mol. The van der Waals surface area contributed by atoms with Gasteiger partial charge >= 0.3 is 0 Å². The predicted molar refractivity (Wildman–Crippen MR) is 113 cm³/mol. The molecule has 0 aliphatic carbocycles. The summed E-state index contributed by atoms with van der Waals surface area (Å²) < 4.78 is 17.4. The van der Waals surface area contributed by atoms with E-state index in [0.717, 1.165) is 50.1 Å². The fourth-order valence-corrected chi connectivity index (χ4v) is 4.83. The predicted octanol–water partition coefficient (Wildman–Crippen LogP) is 3.25.